The van der Waals surface area contributed by atoms with E-state index in [4.69, 9.17) is 0 Å². The highest BCUT2D eigenvalue weighted by Crippen LogP contribution is 2.40. The van der Waals surface area contributed by atoms with Crippen molar-refractivity contribution in [3.05, 3.63) is 48.5 Å². The van der Waals surface area contributed by atoms with Crippen molar-refractivity contribution in [3.63, 3.8) is 0 Å². The summed E-state index contributed by atoms with van der Waals surface area (Å²) in [6, 6.07) is 15.6. The molecular formula is C18H18N6O. The molecule has 1 saturated carbocycles. The van der Waals surface area contributed by atoms with Gasteiger partial charge in [0, 0.05) is 0 Å². The Balaban J connectivity index is 1.77. The van der Waals surface area contributed by atoms with Crippen molar-refractivity contribution in [3.8, 4) is 0 Å². The first-order chi connectivity index (χ1) is 12.3. The summed E-state index contributed by atoms with van der Waals surface area (Å²) in [6.45, 7) is 0. The molecule has 0 bridgehead atoms. The van der Waals surface area contributed by atoms with E-state index in [1.807, 2.05) is 48.5 Å². The van der Waals surface area contributed by atoms with E-state index in [9.17, 15) is 5.11 Å². The number of hydrogen-bond acceptors (Lipinski definition) is 5. The van der Waals surface area contributed by atoms with Gasteiger partial charge >= 0.3 is 0 Å². The molecule has 25 heavy (non-hydrogen) atoms. The van der Waals surface area contributed by atoms with Gasteiger partial charge in [-0.3, -0.25) is 0 Å². The predicted molar refractivity (Wildman–Crippen MR) is 92.9 cm³/mol. The maximum absolute atomic E-state index is 11.4. The highest BCUT2D eigenvalue weighted by molar-refractivity contribution is 5.75. The molecule has 1 aliphatic rings. The number of hydrogen-bond donors (Lipinski definition) is 1. The molecule has 0 saturated heterocycles. The van der Waals surface area contributed by atoms with Gasteiger partial charge in [0.1, 0.15) is 16.6 Å². The minimum atomic E-state index is -0.924. The van der Waals surface area contributed by atoms with Crippen LogP contribution in [0.2, 0.25) is 0 Å². The van der Waals surface area contributed by atoms with Gasteiger partial charge in [-0.2, -0.15) is 0 Å². The van der Waals surface area contributed by atoms with E-state index in [2.05, 4.69) is 20.6 Å². The van der Waals surface area contributed by atoms with Crippen molar-refractivity contribution >= 4 is 22.1 Å². The fourth-order valence-corrected chi connectivity index (χ4v) is 3.94. The van der Waals surface area contributed by atoms with E-state index in [1.54, 1.807) is 9.36 Å². The second-order valence-corrected chi connectivity index (χ2v) is 6.73. The summed E-state index contributed by atoms with van der Waals surface area (Å²) < 4.78 is 3.59. The van der Waals surface area contributed by atoms with Gasteiger partial charge in [0.2, 0.25) is 0 Å². The van der Waals surface area contributed by atoms with E-state index in [1.165, 1.54) is 0 Å². The van der Waals surface area contributed by atoms with Crippen LogP contribution in [0.5, 0.6) is 0 Å². The summed E-state index contributed by atoms with van der Waals surface area (Å²) in [5.41, 5.74) is 2.45. The molecule has 0 spiro atoms. The number of benzene rings is 2. The standard InChI is InChI=1S/C18H18N6O/c25-18(11-5-6-12-18)17(23-15-9-3-1-7-13(15)19-21-23)24-16-10-4-2-8-14(16)20-22-24/h1-4,7-10,17,25H,5-6,11-12H2. The van der Waals surface area contributed by atoms with E-state index in [0.29, 0.717) is 12.8 Å². The zero-order valence-electron chi connectivity index (χ0n) is 13.7. The van der Waals surface area contributed by atoms with E-state index in [0.717, 1.165) is 34.9 Å². The van der Waals surface area contributed by atoms with E-state index >= 15 is 0 Å². The largest absolute Gasteiger partial charge is 0.386 e. The molecule has 4 aromatic rings. The third-order valence-corrected chi connectivity index (χ3v) is 5.17. The van der Waals surface area contributed by atoms with Crippen LogP contribution in [0, 0.1) is 0 Å². The van der Waals surface area contributed by atoms with Crippen LogP contribution < -0.4 is 0 Å². The molecule has 1 aliphatic carbocycles. The molecule has 1 N–H and O–H groups in total. The minimum absolute atomic E-state index is 0.477. The highest BCUT2D eigenvalue weighted by atomic mass is 16.3. The SMILES string of the molecule is OC1(C(n2nnc3ccccc32)n2nnc3ccccc32)CCCC1. The summed E-state index contributed by atoms with van der Waals surface area (Å²) in [5, 5.41) is 28.7. The third-order valence-electron chi connectivity index (χ3n) is 5.17. The molecular weight excluding hydrogens is 316 g/mol. The van der Waals surface area contributed by atoms with Gasteiger partial charge in [0.05, 0.1) is 11.0 Å². The quantitative estimate of drug-likeness (QED) is 0.622. The summed E-state index contributed by atoms with van der Waals surface area (Å²) in [5.74, 6) is 0. The third kappa shape index (κ3) is 2.16. The predicted octanol–water partition coefficient (Wildman–Crippen LogP) is 2.53. The molecule has 0 radical (unpaired) electrons. The topological polar surface area (TPSA) is 81.6 Å². The molecule has 7 nitrogen and oxygen atoms in total. The zero-order chi connectivity index (χ0) is 16.9. The number of nitrogens with zero attached hydrogens (tertiary/aromatic N) is 6. The number of aromatic nitrogens is 6. The van der Waals surface area contributed by atoms with Gasteiger partial charge < -0.3 is 5.11 Å². The maximum Gasteiger partial charge on any atom is 0.176 e. The smallest absolute Gasteiger partial charge is 0.176 e. The second kappa shape index (κ2) is 5.35. The van der Waals surface area contributed by atoms with E-state index < -0.39 is 11.8 Å². The Morgan fingerprint density at radius 3 is 1.80 bits per heavy atom. The second-order valence-electron chi connectivity index (χ2n) is 6.73. The Labute approximate surface area is 143 Å². The van der Waals surface area contributed by atoms with Crippen LogP contribution in [0.25, 0.3) is 22.1 Å². The number of aliphatic hydroxyl groups is 1. The summed E-state index contributed by atoms with van der Waals surface area (Å²) in [4.78, 5) is 0. The molecule has 126 valence electrons. The van der Waals surface area contributed by atoms with Crippen LogP contribution in [-0.2, 0) is 0 Å². The van der Waals surface area contributed by atoms with Crippen LogP contribution in [0.4, 0.5) is 0 Å². The lowest BCUT2D eigenvalue weighted by atomic mass is 9.98. The lowest BCUT2D eigenvalue weighted by Gasteiger charge is -2.32. The van der Waals surface area contributed by atoms with Crippen LogP contribution in [-0.4, -0.2) is 40.7 Å². The van der Waals surface area contributed by atoms with Crippen LogP contribution in [0.3, 0.4) is 0 Å². The Morgan fingerprint density at radius 2 is 1.28 bits per heavy atom. The van der Waals surface area contributed by atoms with Crippen molar-refractivity contribution in [2.45, 2.75) is 37.5 Å². The summed E-state index contributed by atoms with van der Waals surface area (Å²) in [6.07, 6.45) is 2.92. The van der Waals surface area contributed by atoms with Gasteiger partial charge in [0.15, 0.2) is 6.17 Å². The van der Waals surface area contributed by atoms with Gasteiger partial charge in [-0.25, -0.2) is 9.36 Å². The Kier molecular flexibility index (Phi) is 3.11. The van der Waals surface area contributed by atoms with Crippen molar-refractivity contribution in [2.24, 2.45) is 0 Å². The molecule has 0 unspecified atom stereocenters. The average molecular weight is 334 g/mol. The molecule has 2 heterocycles. The first kappa shape index (κ1) is 14.5. The molecule has 2 aromatic heterocycles. The van der Waals surface area contributed by atoms with Gasteiger partial charge in [-0.05, 0) is 37.1 Å². The molecule has 1 fully saturated rings. The number of para-hydroxylation sites is 2. The van der Waals surface area contributed by atoms with Crippen molar-refractivity contribution in [1.29, 1.82) is 0 Å². The maximum atomic E-state index is 11.4. The van der Waals surface area contributed by atoms with Crippen molar-refractivity contribution in [1.82, 2.24) is 30.0 Å². The summed E-state index contributed by atoms with van der Waals surface area (Å²) in [7, 11) is 0. The summed E-state index contributed by atoms with van der Waals surface area (Å²) >= 11 is 0. The fraction of sp³-hybridized carbons (Fsp3) is 0.333. The lowest BCUT2D eigenvalue weighted by Crippen LogP contribution is -2.42. The molecule has 0 amide bonds. The molecule has 2 aromatic carbocycles. The zero-order valence-corrected chi connectivity index (χ0v) is 13.7. The first-order valence-corrected chi connectivity index (χ1v) is 8.58. The van der Waals surface area contributed by atoms with Gasteiger partial charge in [0.25, 0.3) is 0 Å². The van der Waals surface area contributed by atoms with Crippen LogP contribution in [0.1, 0.15) is 31.8 Å². The Morgan fingerprint density at radius 1 is 0.800 bits per heavy atom. The van der Waals surface area contributed by atoms with Gasteiger partial charge in [-0.1, -0.05) is 47.5 Å². The molecule has 0 atom stereocenters. The van der Waals surface area contributed by atoms with Crippen molar-refractivity contribution in [2.75, 3.05) is 0 Å². The molecule has 5 rings (SSSR count). The number of rotatable bonds is 3. The van der Waals surface area contributed by atoms with Crippen molar-refractivity contribution < 1.29 is 5.11 Å². The Bertz CT molecular complexity index is 972. The van der Waals surface area contributed by atoms with Crippen LogP contribution in [0.15, 0.2) is 48.5 Å². The van der Waals surface area contributed by atoms with E-state index in [-0.39, 0.29) is 0 Å². The minimum Gasteiger partial charge on any atom is -0.386 e. The lowest BCUT2D eigenvalue weighted by molar-refractivity contribution is -0.0252. The van der Waals surface area contributed by atoms with Crippen LogP contribution >= 0.6 is 0 Å². The highest BCUT2D eigenvalue weighted by Gasteiger charge is 2.44. The molecule has 0 aliphatic heterocycles. The Hall–Kier alpha value is -2.80. The normalized spacial score (nSPS) is 17.0. The molecule has 7 heteroatoms. The number of fused-ring (bicyclic) bond motifs is 2. The fourth-order valence-electron chi connectivity index (χ4n) is 3.94. The monoisotopic (exact) mass is 334 g/mol. The van der Waals surface area contributed by atoms with Gasteiger partial charge in [-0.15, -0.1) is 10.2 Å². The average Bonchev–Trinajstić information content (AvgIpc) is 3.36. The first-order valence-electron chi connectivity index (χ1n) is 8.58.